The number of aryl methyl sites for hydroxylation is 1. The highest BCUT2D eigenvalue weighted by Gasteiger charge is 2.22. The molecule has 0 saturated heterocycles. The van der Waals surface area contributed by atoms with Crippen LogP contribution in [0, 0.1) is 6.92 Å². The van der Waals surface area contributed by atoms with Gasteiger partial charge in [0.15, 0.2) is 5.76 Å². The van der Waals surface area contributed by atoms with Crippen LogP contribution in [0.5, 0.6) is 0 Å². The van der Waals surface area contributed by atoms with Gasteiger partial charge in [0.2, 0.25) is 5.09 Å². The molecule has 0 spiro atoms. The second kappa shape index (κ2) is 5.81. The van der Waals surface area contributed by atoms with E-state index < -0.39 is 27.1 Å². The van der Waals surface area contributed by atoms with E-state index in [-0.39, 0.29) is 5.76 Å². The van der Waals surface area contributed by atoms with Crippen molar-refractivity contribution in [3.63, 3.8) is 0 Å². The Morgan fingerprint density at radius 1 is 1.17 bits per heavy atom. The molecule has 7 nitrogen and oxygen atoms in total. The predicted octanol–water partition coefficient (Wildman–Crippen LogP) is 2.47. The molecule has 0 aliphatic heterocycles. The van der Waals surface area contributed by atoms with Crippen molar-refractivity contribution in [3.05, 3.63) is 53.5 Å². The summed E-state index contributed by atoms with van der Waals surface area (Å²) in [6, 6.07) is 9.55. The summed E-state index contributed by atoms with van der Waals surface area (Å²) in [4.78, 5) is 12.2. The molecule has 1 aromatic carbocycles. The molecule has 1 amide bonds. The number of hydrogen-bond donors (Lipinski definition) is 2. The molecule has 24 heavy (non-hydrogen) atoms. The fraction of sp³-hybridized carbons (Fsp3) is 0.188. The molecule has 2 heterocycles. The Labute approximate surface area is 138 Å². The molecule has 0 saturated carbocycles. The second-order valence-electron chi connectivity index (χ2n) is 5.45. The lowest BCUT2D eigenvalue weighted by atomic mass is 10.1. The number of rotatable bonds is 4. The molecule has 2 aromatic heterocycles. The second-order valence-corrected chi connectivity index (χ2v) is 6.94. The first-order valence-electron chi connectivity index (χ1n) is 7.19. The highest BCUT2D eigenvalue weighted by molar-refractivity contribution is 7.89. The normalized spacial score (nSPS) is 13.1. The van der Waals surface area contributed by atoms with Crippen molar-refractivity contribution in [3.8, 4) is 0 Å². The van der Waals surface area contributed by atoms with Crippen LogP contribution in [-0.4, -0.2) is 14.3 Å². The molecule has 0 aliphatic carbocycles. The van der Waals surface area contributed by atoms with Crippen LogP contribution in [0.2, 0.25) is 0 Å². The zero-order valence-electron chi connectivity index (χ0n) is 13.1. The van der Waals surface area contributed by atoms with E-state index in [9.17, 15) is 13.2 Å². The number of carbonyl (C=O) groups is 1. The Balaban J connectivity index is 1.83. The van der Waals surface area contributed by atoms with Crippen LogP contribution in [-0.2, 0) is 10.0 Å². The third-order valence-corrected chi connectivity index (χ3v) is 4.49. The van der Waals surface area contributed by atoms with E-state index in [1.807, 2.05) is 31.2 Å². The van der Waals surface area contributed by atoms with E-state index in [0.29, 0.717) is 5.76 Å². The predicted molar refractivity (Wildman–Crippen MR) is 86.9 cm³/mol. The standard InChI is InChI=1S/C16H16N2O5S/c1-9-11-5-3-4-6-12(11)23-15(9)10(2)18-16(19)13-7-8-14(22-13)24(17,20)21/h3-8,10H,1-2H3,(H,18,19)(H2,17,20,21)/t10-/m0/s1. The van der Waals surface area contributed by atoms with Gasteiger partial charge in [-0.3, -0.25) is 4.79 Å². The molecule has 0 aliphatic rings. The fourth-order valence-electron chi connectivity index (χ4n) is 2.53. The molecule has 0 fully saturated rings. The highest BCUT2D eigenvalue weighted by atomic mass is 32.2. The van der Waals surface area contributed by atoms with Gasteiger partial charge >= 0.3 is 0 Å². The van der Waals surface area contributed by atoms with Gasteiger partial charge in [-0.1, -0.05) is 18.2 Å². The van der Waals surface area contributed by atoms with Crippen LogP contribution < -0.4 is 10.5 Å². The number of carbonyl (C=O) groups excluding carboxylic acids is 1. The van der Waals surface area contributed by atoms with E-state index in [2.05, 4.69) is 5.32 Å². The zero-order valence-corrected chi connectivity index (χ0v) is 13.9. The first-order chi connectivity index (χ1) is 11.3. The number of primary sulfonamides is 1. The largest absolute Gasteiger partial charge is 0.459 e. The lowest BCUT2D eigenvalue weighted by molar-refractivity contribution is 0.0902. The minimum atomic E-state index is -3.99. The summed E-state index contributed by atoms with van der Waals surface area (Å²) in [5.74, 6) is -0.0697. The number of para-hydroxylation sites is 1. The van der Waals surface area contributed by atoms with Gasteiger partial charge in [0.25, 0.3) is 15.9 Å². The monoisotopic (exact) mass is 348 g/mol. The molecule has 0 unspecified atom stereocenters. The van der Waals surface area contributed by atoms with Gasteiger partial charge in [-0.05, 0) is 32.0 Å². The lowest BCUT2D eigenvalue weighted by Gasteiger charge is -2.11. The van der Waals surface area contributed by atoms with Crippen LogP contribution >= 0.6 is 0 Å². The minimum Gasteiger partial charge on any atom is -0.459 e. The Hall–Kier alpha value is -2.58. The molecule has 3 rings (SSSR count). The SMILES string of the molecule is Cc1c([C@H](C)NC(=O)c2ccc(S(N)(=O)=O)o2)oc2ccccc12. The van der Waals surface area contributed by atoms with Crippen molar-refractivity contribution in [1.82, 2.24) is 5.32 Å². The number of hydrogen-bond acceptors (Lipinski definition) is 5. The summed E-state index contributed by atoms with van der Waals surface area (Å²) < 4.78 is 33.2. The Morgan fingerprint density at radius 2 is 1.88 bits per heavy atom. The molecule has 8 heteroatoms. The summed E-state index contributed by atoms with van der Waals surface area (Å²) in [6.07, 6.45) is 0. The maximum Gasteiger partial charge on any atom is 0.287 e. The number of fused-ring (bicyclic) bond motifs is 1. The third kappa shape index (κ3) is 2.93. The molecule has 0 bridgehead atoms. The molecule has 3 aromatic rings. The molecular weight excluding hydrogens is 332 g/mol. The molecule has 0 radical (unpaired) electrons. The first kappa shape index (κ1) is 16.3. The lowest BCUT2D eigenvalue weighted by Crippen LogP contribution is -2.26. The van der Waals surface area contributed by atoms with E-state index in [1.54, 1.807) is 6.92 Å². The molecule has 3 N–H and O–H groups in total. The number of furan rings is 2. The summed E-state index contributed by atoms with van der Waals surface area (Å²) in [5, 5.41) is 8.19. The number of amides is 1. The van der Waals surface area contributed by atoms with Gasteiger partial charge in [0, 0.05) is 10.9 Å². The summed E-state index contributed by atoms with van der Waals surface area (Å²) in [5.41, 5.74) is 1.67. The van der Waals surface area contributed by atoms with Crippen LogP contribution in [0.15, 0.2) is 50.3 Å². The van der Waals surface area contributed by atoms with E-state index >= 15 is 0 Å². The van der Waals surface area contributed by atoms with Crippen LogP contribution in [0.4, 0.5) is 0 Å². The van der Waals surface area contributed by atoms with Gasteiger partial charge in [-0.2, -0.15) is 0 Å². The zero-order chi connectivity index (χ0) is 17.5. The van der Waals surface area contributed by atoms with E-state index in [0.717, 1.165) is 22.6 Å². The topological polar surface area (TPSA) is 116 Å². The summed E-state index contributed by atoms with van der Waals surface area (Å²) in [6.45, 7) is 3.68. The maximum absolute atomic E-state index is 12.2. The third-order valence-electron chi connectivity index (χ3n) is 3.71. The average molecular weight is 348 g/mol. The van der Waals surface area contributed by atoms with Crippen molar-refractivity contribution in [2.75, 3.05) is 0 Å². The quantitative estimate of drug-likeness (QED) is 0.751. The summed E-state index contributed by atoms with van der Waals surface area (Å²) in [7, 11) is -3.99. The number of sulfonamides is 1. The van der Waals surface area contributed by atoms with Crippen molar-refractivity contribution >= 4 is 26.9 Å². The van der Waals surface area contributed by atoms with Gasteiger partial charge in [0.05, 0.1) is 6.04 Å². The van der Waals surface area contributed by atoms with Crippen molar-refractivity contribution < 1.29 is 22.0 Å². The maximum atomic E-state index is 12.2. The van der Waals surface area contributed by atoms with Gasteiger partial charge in [-0.15, -0.1) is 0 Å². The van der Waals surface area contributed by atoms with Crippen LogP contribution in [0.3, 0.4) is 0 Å². The van der Waals surface area contributed by atoms with Crippen LogP contribution in [0.25, 0.3) is 11.0 Å². The first-order valence-corrected chi connectivity index (χ1v) is 8.73. The number of nitrogens with two attached hydrogens (primary N) is 1. The highest BCUT2D eigenvalue weighted by Crippen LogP contribution is 2.29. The minimum absolute atomic E-state index is 0.139. The number of benzene rings is 1. The molecular formula is C16H16N2O5S. The van der Waals surface area contributed by atoms with Crippen molar-refractivity contribution in [1.29, 1.82) is 0 Å². The van der Waals surface area contributed by atoms with E-state index in [4.69, 9.17) is 14.0 Å². The smallest absolute Gasteiger partial charge is 0.287 e. The van der Waals surface area contributed by atoms with E-state index in [1.165, 1.54) is 6.07 Å². The Bertz CT molecular complexity index is 1020. The van der Waals surface area contributed by atoms with Crippen molar-refractivity contribution in [2.45, 2.75) is 25.0 Å². The van der Waals surface area contributed by atoms with Gasteiger partial charge in [-0.25, -0.2) is 13.6 Å². The Morgan fingerprint density at radius 3 is 2.50 bits per heavy atom. The fourth-order valence-corrected chi connectivity index (χ4v) is 3.00. The Kier molecular flexibility index (Phi) is 3.94. The number of nitrogens with one attached hydrogen (secondary N) is 1. The van der Waals surface area contributed by atoms with Crippen LogP contribution in [0.1, 0.15) is 34.8 Å². The molecule has 126 valence electrons. The van der Waals surface area contributed by atoms with Crippen molar-refractivity contribution in [2.24, 2.45) is 5.14 Å². The summed E-state index contributed by atoms with van der Waals surface area (Å²) >= 11 is 0. The van der Waals surface area contributed by atoms with Gasteiger partial charge in [0.1, 0.15) is 11.3 Å². The average Bonchev–Trinajstić information content (AvgIpc) is 3.13. The molecule has 1 atom stereocenters. The van der Waals surface area contributed by atoms with Gasteiger partial charge < -0.3 is 14.2 Å².